The Bertz CT molecular complexity index is 405. The molecule has 0 spiro atoms. The maximum Gasteiger partial charge on any atom is 0.138 e. The molecule has 0 radical (unpaired) electrons. The van der Waals surface area contributed by atoms with Gasteiger partial charge in [-0.2, -0.15) is 0 Å². The third-order valence-corrected chi connectivity index (χ3v) is 3.98. The molecule has 0 bridgehead atoms. The molecule has 18 heavy (non-hydrogen) atoms. The standard InChI is InChI=1S/C14H20ClNO2/c1-18-8-7-14(5-6-14)10-16-9-11-3-2-4-12(15)13(11)17/h2-4,16-17H,5-10H2,1H3. The molecule has 1 aliphatic carbocycles. The molecule has 1 saturated carbocycles. The first-order valence-corrected chi connectivity index (χ1v) is 6.71. The molecule has 0 amide bonds. The summed E-state index contributed by atoms with van der Waals surface area (Å²) in [5.41, 5.74) is 1.27. The van der Waals surface area contributed by atoms with Crippen LogP contribution in [0.1, 0.15) is 24.8 Å². The second-order valence-electron chi connectivity index (χ2n) is 5.09. The molecule has 2 rings (SSSR count). The molecule has 1 aliphatic rings. The van der Waals surface area contributed by atoms with Gasteiger partial charge in [-0.3, -0.25) is 0 Å². The molecule has 0 saturated heterocycles. The quantitative estimate of drug-likeness (QED) is 0.800. The van der Waals surface area contributed by atoms with Gasteiger partial charge in [0.1, 0.15) is 5.75 Å². The first-order valence-electron chi connectivity index (χ1n) is 6.33. The normalized spacial score (nSPS) is 16.8. The van der Waals surface area contributed by atoms with E-state index in [-0.39, 0.29) is 5.75 Å². The van der Waals surface area contributed by atoms with Crippen LogP contribution in [0.3, 0.4) is 0 Å². The Balaban J connectivity index is 1.80. The van der Waals surface area contributed by atoms with Gasteiger partial charge in [0.15, 0.2) is 0 Å². The second kappa shape index (κ2) is 5.91. The van der Waals surface area contributed by atoms with E-state index in [1.54, 1.807) is 13.2 Å². The van der Waals surface area contributed by atoms with E-state index in [4.69, 9.17) is 16.3 Å². The topological polar surface area (TPSA) is 41.5 Å². The molecule has 1 fully saturated rings. The van der Waals surface area contributed by atoms with Crippen LogP contribution in [-0.2, 0) is 11.3 Å². The Morgan fingerprint density at radius 1 is 1.44 bits per heavy atom. The summed E-state index contributed by atoms with van der Waals surface area (Å²) in [6.07, 6.45) is 3.65. The Morgan fingerprint density at radius 3 is 2.89 bits per heavy atom. The number of phenols is 1. The van der Waals surface area contributed by atoms with Gasteiger partial charge in [0.25, 0.3) is 0 Å². The molecule has 3 nitrogen and oxygen atoms in total. The number of aromatic hydroxyl groups is 1. The van der Waals surface area contributed by atoms with Crippen molar-refractivity contribution in [1.29, 1.82) is 0 Å². The van der Waals surface area contributed by atoms with Gasteiger partial charge in [0.2, 0.25) is 0 Å². The SMILES string of the molecule is COCCC1(CNCc2cccc(Cl)c2O)CC1. The molecule has 1 aromatic rings. The number of methoxy groups -OCH3 is 1. The zero-order valence-corrected chi connectivity index (χ0v) is 11.5. The summed E-state index contributed by atoms with van der Waals surface area (Å²) in [6, 6.07) is 5.45. The largest absolute Gasteiger partial charge is 0.506 e. The van der Waals surface area contributed by atoms with E-state index in [2.05, 4.69) is 5.32 Å². The summed E-state index contributed by atoms with van der Waals surface area (Å²) in [5, 5.41) is 13.6. The molecule has 100 valence electrons. The van der Waals surface area contributed by atoms with Crippen molar-refractivity contribution in [3.8, 4) is 5.75 Å². The lowest BCUT2D eigenvalue weighted by Crippen LogP contribution is -2.24. The van der Waals surface area contributed by atoms with E-state index in [9.17, 15) is 5.11 Å². The van der Waals surface area contributed by atoms with Crippen molar-refractivity contribution >= 4 is 11.6 Å². The van der Waals surface area contributed by atoms with Crippen molar-refractivity contribution in [3.63, 3.8) is 0 Å². The molecule has 0 aromatic heterocycles. The van der Waals surface area contributed by atoms with E-state index < -0.39 is 0 Å². The van der Waals surface area contributed by atoms with Gasteiger partial charge in [-0.15, -0.1) is 0 Å². The summed E-state index contributed by atoms with van der Waals surface area (Å²) in [7, 11) is 1.74. The fourth-order valence-corrected chi connectivity index (χ4v) is 2.37. The third kappa shape index (κ3) is 3.37. The average Bonchev–Trinajstić information content (AvgIpc) is 3.13. The molecular formula is C14H20ClNO2. The molecule has 0 unspecified atom stereocenters. The van der Waals surface area contributed by atoms with Crippen molar-refractivity contribution in [3.05, 3.63) is 28.8 Å². The second-order valence-corrected chi connectivity index (χ2v) is 5.50. The molecule has 0 heterocycles. The van der Waals surface area contributed by atoms with Crippen molar-refractivity contribution in [2.75, 3.05) is 20.3 Å². The average molecular weight is 270 g/mol. The fourth-order valence-electron chi connectivity index (χ4n) is 2.18. The highest BCUT2D eigenvalue weighted by atomic mass is 35.5. The third-order valence-electron chi connectivity index (χ3n) is 3.68. The zero-order valence-electron chi connectivity index (χ0n) is 10.7. The van der Waals surface area contributed by atoms with Crippen LogP contribution in [0.2, 0.25) is 5.02 Å². The number of benzene rings is 1. The number of ether oxygens (including phenoxy) is 1. The van der Waals surface area contributed by atoms with Gasteiger partial charge in [-0.25, -0.2) is 0 Å². The van der Waals surface area contributed by atoms with Crippen LogP contribution >= 0.6 is 11.6 Å². The highest BCUT2D eigenvalue weighted by molar-refractivity contribution is 6.32. The number of hydrogen-bond donors (Lipinski definition) is 2. The summed E-state index contributed by atoms with van der Waals surface area (Å²) in [6.45, 7) is 2.45. The first kappa shape index (κ1) is 13.7. The number of nitrogens with one attached hydrogen (secondary N) is 1. The van der Waals surface area contributed by atoms with E-state index >= 15 is 0 Å². The molecule has 2 N–H and O–H groups in total. The minimum Gasteiger partial charge on any atom is -0.506 e. The summed E-state index contributed by atoms with van der Waals surface area (Å²) >= 11 is 5.87. The molecule has 0 atom stereocenters. The van der Waals surface area contributed by atoms with E-state index in [1.165, 1.54) is 12.8 Å². The predicted molar refractivity (Wildman–Crippen MR) is 73.0 cm³/mol. The van der Waals surface area contributed by atoms with Gasteiger partial charge in [-0.05, 0) is 30.7 Å². The van der Waals surface area contributed by atoms with Crippen LogP contribution in [0.4, 0.5) is 0 Å². The van der Waals surface area contributed by atoms with Gasteiger partial charge < -0.3 is 15.2 Å². The molecule has 4 heteroatoms. The Labute approximate surface area is 113 Å². The van der Waals surface area contributed by atoms with E-state index in [0.717, 1.165) is 25.1 Å². The molecular weight excluding hydrogens is 250 g/mol. The first-order chi connectivity index (χ1) is 8.67. The van der Waals surface area contributed by atoms with E-state index in [0.29, 0.717) is 17.0 Å². The summed E-state index contributed by atoms with van der Waals surface area (Å²) in [5.74, 6) is 0.188. The number of rotatable bonds is 7. The fraction of sp³-hybridized carbons (Fsp3) is 0.571. The maximum absolute atomic E-state index is 9.79. The van der Waals surface area contributed by atoms with Crippen LogP contribution in [-0.4, -0.2) is 25.4 Å². The van der Waals surface area contributed by atoms with Crippen molar-refractivity contribution in [2.45, 2.75) is 25.8 Å². The monoisotopic (exact) mass is 269 g/mol. The minimum absolute atomic E-state index is 0.188. The Kier molecular flexibility index (Phi) is 4.49. The van der Waals surface area contributed by atoms with Gasteiger partial charge in [-0.1, -0.05) is 23.7 Å². The minimum atomic E-state index is 0.188. The van der Waals surface area contributed by atoms with Crippen LogP contribution < -0.4 is 5.32 Å². The summed E-state index contributed by atoms with van der Waals surface area (Å²) < 4.78 is 5.13. The van der Waals surface area contributed by atoms with Gasteiger partial charge >= 0.3 is 0 Å². The number of para-hydroxylation sites is 1. The molecule has 1 aromatic carbocycles. The predicted octanol–water partition coefficient (Wildman–Crippen LogP) is 2.95. The maximum atomic E-state index is 9.79. The van der Waals surface area contributed by atoms with Crippen LogP contribution in [0.15, 0.2) is 18.2 Å². The van der Waals surface area contributed by atoms with Crippen LogP contribution in [0.5, 0.6) is 5.75 Å². The van der Waals surface area contributed by atoms with Gasteiger partial charge in [0, 0.05) is 32.4 Å². The highest BCUT2D eigenvalue weighted by Crippen LogP contribution is 2.48. The lowest BCUT2D eigenvalue weighted by atomic mass is 10.0. The lowest BCUT2D eigenvalue weighted by Gasteiger charge is -2.16. The lowest BCUT2D eigenvalue weighted by molar-refractivity contribution is 0.171. The van der Waals surface area contributed by atoms with Gasteiger partial charge in [0.05, 0.1) is 5.02 Å². The summed E-state index contributed by atoms with van der Waals surface area (Å²) in [4.78, 5) is 0. The van der Waals surface area contributed by atoms with Crippen LogP contribution in [0, 0.1) is 5.41 Å². The zero-order chi connectivity index (χ0) is 13.0. The van der Waals surface area contributed by atoms with Crippen molar-refractivity contribution < 1.29 is 9.84 Å². The van der Waals surface area contributed by atoms with Crippen molar-refractivity contribution in [1.82, 2.24) is 5.32 Å². The van der Waals surface area contributed by atoms with Crippen LogP contribution in [0.25, 0.3) is 0 Å². The number of hydrogen-bond acceptors (Lipinski definition) is 3. The number of halogens is 1. The molecule has 0 aliphatic heterocycles. The number of phenolic OH excluding ortho intramolecular Hbond substituents is 1. The highest BCUT2D eigenvalue weighted by Gasteiger charge is 2.41. The Hall–Kier alpha value is -0.770. The Morgan fingerprint density at radius 2 is 2.22 bits per heavy atom. The van der Waals surface area contributed by atoms with E-state index in [1.807, 2.05) is 12.1 Å². The van der Waals surface area contributed by atoms with Crippen molar-refractivity contribution in [2.24, 2.45) is 5.41 Å². The smallest absolute Gasteiger partial charge is 0.138 e.